The van der Waals surface area contributed by atoms with Crippen LogP contribution in [0.15, 0.2) is 0 Å². The van der Waals surface area contributed by atoms with E-state index in [9.17, 15) is 14.4 Å². The zero-order valence-corrected chi connectivity index (χ0v) is 13.7. The fourth-order valence-corrected chi connectivity index (χ4v) is 2.00. The number of ether oxygens (including phenoxy) is 2. The Morgan fingerprint density at radius 1 is 0.909 bits per heavy atom. The maximum atomic E-state index is 12.0. The van der Waals surface area contributed by atoms with Gasteiger partial charge >= 0.3 is 18.2 Å². The zero-order chi connectivity index (χ0) is 17.0. The van der Waals surface area contributed by atoms with E-state index < -0.39 is 24.5 Å². The molecular formula is C13H24N4O5. The molecule has 126 valence electrons. The molecule has 2 N–H and O–H groups in total. The lowest BCUT2D eigenvalue weighted by atomic mass is 10.3. The summed E-state index contributed by atoms with van der Waals surface area (Å²) in [5.41, 5.74) is 0. The van der Waals surface area contributed by atoms with Gasteiger partial charge in [0.05, 0.1) is 12.2 Å². The molecule has 0 spiro atoms. The fourth-order valence-electron chi connectivity index (χ4n) is 2.00. The maximum absolute atomic E-state index is 12.0. The minimum absolute atomic E-state index is 0.294. The first-order valence-electron chi connectivity index (χ1n) is 7.07. The van der Waals surface area contributed by atoms with E-state index in [1.165, 1.54) is 23.9 Å². The van der Waals surface area contributed by atoms with Crippen molar-refractivity contribution in [1.29, 1.82) is 0 Å². The van der Waals surface area contributed by atoms with Gasteiger partial charge in [0.15, 0.2) is 0 Å². The van der Waals surface area contributed by atoms with Crippen molar-refractivity contribution in [3.05, 3.63) is 0 Å². The number of carbonyl (C=O) groups excluding carboxylic acids is 3. The Labute approximate surface area is 129 Å². The number of urea groups is 1. The van der Waals surface area contributed by atoms with E-state index in [0.717, 1.165) is 0 Å². The van der Waals surface area contributed by atoms with Crippen LogP contribution in [0.5, 0.6) is 0 Å². The number of hydrogen-bond acceptors (Lipinski definition) is 5. The molecule has 0 aromatic carbocycles. The lowest BCUT2D eigenvalue weighted by Crippen LogP contribution is -2.57. The zero-order valence-electron chi connectivity index (χ0n) is 13.7. The van der Waals surface area contributed by atoms with Gasteiger partial charge < -0.3 is 19.3 Å². The summed E-state index contributed by atoms with van der Waals surface area (Å²) in [7, 11) is 3.04. The van der Waals surface area contributed by atoms with Crippen LogP contribution in [0.3, 0.4) is 0 Å². The van der Waals surface area contributed by atoms with Crippen LogP contribution < -0.4 is 10.6 Å². The summed E-state index contributed by atoms with van der Waals surface area (Å²) >= 11 is 0. The summed E-state index contributed by atoms with van der Waals surface area (Å²) in [6.45, 7) is 6.85. The average molecular weight is 316 g/mol. The van der Waals surface area contributed by atoms with Crippen LogP contribution >= 0.6 is 0 Å². The highest BCUT2D eigenvalue weighted by atomic mass is 16.6. The Morgan fingerprint density at radius 3 is 1.50 bits per heavy atom. The average Bonchev–Trinajstić information content (AvgIpc) is 2.54. The molecule has 0 radical (unpaired) electrons. The van der Waals surface area contributed by atoms with Crippen molar-refractivity contribution in [3.8, 4) is 0 Å². The SMILES string of the molecule is CC(C)OC(=O)N[C@@H]1[C@@H](NC(=O)OC(C)C)N(C)C(=O)N1C. The lowest BCUT2D eigenvalue weighted by molar-refractivity contribution is 0.0891. The van der Waals surface area contributed by atoms with Crippen LogP contribution in [0.25, 0.3) is 0 Å². The third-order valence-electron chi connectivity index (χ3n) is 2.95. The third-order valence-corrected chi connectivity index (χ3v) is 2.95. The second-order valence-electron chi connectivity index (χ2n) is 5.59. The molecule has 9 heteroatoms. The first kappa shape index (κ1) is 17.9. The first-order valence-corrected chi connectivity index (χ1v) is 7.07. The maximum Gasteiger partial charge on any atom is 0.409 e. The summed E-state index contributed by atoms with van der Waals surface area (Å²) in [4.78, 5) is 38.1. The van der Waals surface area contributed by atoms with Crippen LogP contribution in [-0.4, -0.2) is 66.7 Å². The fraction of sp³-hybridized carbons (Fsp3) is 0.769. The van der Waals surface area contributed by atoms with Gasteiger partial charge in [-0.1, -0.05) is 0 Å². The molecule has 4 amide bonds. The van der Waals surface area contributed by atoms with E-state index in [-0.39, 0.29) is 18.2 Å². The molecule has 0 unspecified atom stereocenters. The Balaban J connectivity index is 2.79. The Kier molecular flexibility index (Phi) is 5.84. The predicted octanol–water partition coefficient (Wildman–Crippen LogP) is 0.905. The molecule has 1 heterocycles. The first-order chi connectivity index (χ1) is 10.1. The Bertz CT molecular complexity index is 402. The second-order valence-corrected chi connectivity index (χ2v) is 5.59. The van der Waals surface area contributed by atoms with Gasteiger partial charge in [0.1, 0.15) is 12.3 Å². The van der Waals surface area contributed by atoms with Crippen molar-refractivity contribution in [1.82, 2.24) is 20.4 Å². The van der Waals surface area contributed by atoms with Crippen molar-refractivity contribution < 1.29 is 23.9 Å². The molecule has 0 aromatic heterocycles. The molecule has 1 saturated heterocycles. The van der Waals surface area contributed by atoms with Gasteiger partial charge in [-0.3, -0.25) is 10.6 Å². The molecule has 0 bridgehead atoms. The number of alkyl carbamates (subject to hydrolysis) is 2. The molecule has 0 aliphatic carbocycles. The summed E-state index contributed by atoms with van der Waals surface area (Å²) in [5, 5.41) is 5.12. The Hall–Kier alpha value is -2.19. The quantitative estimate of drug-likeness (QED) is 0.803. The molecule has 9 nitrogen and oxygen atoms in total. The summed E-state index contributed by atoms with van der Waals surface area (Å²) in [5.74, 6) is 0. The molecule has 2 atom stereocenters. The van der Waals surface area contributed by atoms with E-state index in [1.807, 2.05) is 0 Å². The van der Waals surface area contributed by atoms with E-state index in [2.05, 4.69) is 10.6 Å². The van der Waals surface area contributed by atoms with Gasteiger partial charge in [-0.2, -0.15) is 0 Å². The second kappa shape index (κ2) is 7.19. The van der Waals surface area contributed by atoms with Gasteiger partial charge in [-0.25, -0.2) is 14.4 Å². The van der Waals surface area contributed by atoms with E-state index in [1.54, 1.807) is 27.7 Å². The number of nitrogens with zero attached hydrogens (tertiary/aromatic N) is 2. The minimum Gasteiger partial charge on any atom is -0.447 e. The van der Waals surface area contributed by atoms with Gasteiger partial charge in [-0.05, 0) is 27.7 Å². The van der Waals surface area contributed by atoms with Crippen LogP contribution in [0.4, 0.5) is 14.4 Å². The van der Waals surface area contributed by atoms with Gasteiger partial charge in [-0.15, -0.1) is 0 Å². The normalized spacial score (nSPS) is 21.4. The molecule has 0 aromatic rings. The summed E-state index contributed by atoms with van der Waals surface area (Å²) < 4.78 is 10.00. The van der Waals surface area contributed by atoms with Crippen molar-refractivity contribution >= 4 is 18.2 Å². The van der Waals surface area contributed by atoms with Crippen LogP contribution in [-0.2, 0) is 9.47 Å². The largest absolute Gasteiger partial charge is 0.447 e. The van der Waals surface area contributed by atoms with Crippen molar-refractivity contribution in [3.63, 3.8) is 0 Å². The van der Waals surface area contributed by atoms with Crippen molar-refractivity contribution in [2.45, 2.75) is 52.2 Å². The van der Waals surface area contributed by atoms with Gasteiger partial charge in [0.25, 0.3) is 0 Å². The number of rotatable bonds is 4. The van der Waals surface area contributed by atoms with Gasteiger partial charge in [0, 0.05) is 14.1 Å². The topological polar surface area (TPSA) is 100 Å². The predicted molar refractivity (Wildman–Crippen MR) is 78.0 cm³/mol. The monoisotopic (exact) mass is 316 g/mol. The lowest BCUT2D eigenvalue weighted by Gasteiger charge is -2.26. The third kappa shape index (κ3) is 4.40. The van der Waals surface area contributed by atoms with Gasteiger partial charge in [0.2, 0.25) is 0 Å². The van der Waals surface area contributed by atoms with Crippen molar-refractivity contribution in [2.75, 3.05) is 14.1 Å². The number of nitrogens with one attached hydrogen (secondary N) is 2. The van der Waals surface area contributed by atoms with E-state index in [4.69, 9.17) is 9.47 Å². The molecule has 22 heavy (non-hydrogen) atoms. The molecule has 1 rings (SSSR count). The number of carbonyl (C=O) groups is 3. The number of amides is 4. The molecule has 1 aliphatic heterocycles. The molecular weight excluding hydrogens is 292 g/mol. The minimum atomic E-state index is -0.761. The van der Waals surface area contributed by atoms with Crippen LogP contribution in [0.2, 0.25) is 0 Å². The molecule has 1 aliphatic rings. The van der Waals surface area contributed by atoms with E-state index in [0.29, 0.717) is 0 Å². The summed E-state index contributed by atoms with van der Waals surface area (Å²) in [6, 6.07) is -0.343. The smallest absolute Gasteiger partial charge is 0.409 e. The number of hydrogen-bond donors (Lipinski definition) is 2. The van der Waals surface area contributed by atoms with Crippen LogP contribution in [0, 0.1) is 0 Å². The highest BCUT2D eigenvalue weighted by molar-refractivity contribution is 5.80. The molecule has 1 fully saturated rings. The number of likely N-dealkylation sites (N-methyl/N-ethyl adjacent to an activating group) is 2. The highest BCUT2D eigenvalue weighted by Gasteiger charge is 2.44. The summed E-state index contributed by atoms with van der Waals surface area (Å²) in [6.07, 6.45) is -3.44. The van der Waals surface area contributed by atoms with Crippen molar-refractivity contribution in [2.24, 2.45) is 0 Å². The highest BCUT2D eigenvalue weighted by Crippen LogP contribution is 2.16. The van der Waals surface area contributed by atoms with E-state index >= 15 is 0 Å². The molecule has 0 saturated carbocycles. The standard InChI is InChI=1S/C13H24N4O5/c1-7(2)21-11(18)14-9-10(15-12(19)22-8(3)4)17(6)13(20)16(9)5/h7-10H,1-6H3,(H,14,18)(H,15,19)/t9-,10-/m0/s1. The van der Waals surface area contributed by atoms with Crippen LogP contribution in [0.1, 0.15) is 27.7 Å². The Morgan fingerprint density at radius 2 is 1.23 bits per heavy atom.